The van der Waals surface area contributed by atoms with Gasteiger partial charge in [-0.2, -0.15) is 5.26 Å². The number of aliphatic hydroxyl groups is 4. The van der Waals surface area contributed by atoms with Gasteiger partial charge in [-0.25, -0.2) is 13.1 Å². The SMILES string of the molecule is C/C(=C(/C#N)S(=O)(=O)NC[C@H]1OC(C)(O)[C@H](O)[C@@H](O)[C@@H]1O)c1ccc(-c2ccc3cc(NCCN4CCOCC4)ccc3c2)n1C. The number of rotatable bonds is 10. The Kier molecular flexibility index (Phi) is 10.2. The van der Waals surface area contributed by atoms with Crippen molar-refractivity contribution < 1.29 is 38.3 Å². The summed E-state index contributed by atoms with van der Waals surface area (Å²) in [5.41, 5.74) is 3.48. The van der Waals surface area contributed by atoms with E-state index in [0.717, 1.165) is 74.0 Å². The van der Waals surface area contributed by atoms with Gasteiger partial charge in [0, 0.05) is 62.4 Å². The predicted octanol–water partition coefficient (Wildman–Crippen LogP) is 0.953. The van der Waals surface area contributed by atoms with Gasteiger partial charge in [0.1, 0.15) is 30.5 Å². The zero-order chi connectivity index (χ0) is 33.2. The smallest absolute Gasteiger partial charge is 0.251 e. The topological polar surface area (TPSA) is 190 Å². The lowest BCUT2D eigenvalue weighted by molar-refractivity contribution is -0.335. The van der Waals surface area contributed by atoms with Gasteiger partial charge >= 0.3 is 0 Å². The second-order valence-electron chi connectivity index (χ2n) is 11.9. The molecule has 2 aliphatic rings. The zero-order valence-corrected chi connectivity index (χ0v) is 26.9. The van der Waals surface area contributed by atoms with Crippen LogP contribution in [0.25, 0.3) is 27.6 Å². The summed E-state index contributed by atoms with van der Waals surface area (Å²) < 4.78 is 41.1. The molecular weight excluding hydrogens is 614 g/mol. The molecule has 46 heavy (non-hydrogen) atoms. The van der Waals surface area contributed by atoms with Crippen LogP contribution in [0, 0.1) is 11.3 Å². The first-order valence-electron chi connectivity index (χ1n) is 15.1. The van der Waals surface area contributed by atoms with E-state index in [-0.39, 0.29) is 5.57 Å². The number of ether oxygens (including phenoxy) is 2. The summed E-state index contributed by atoms with van der Waals surface area (Å²) in [5, 5.41) is 55.9. The molecule has 248 valence electrons. The van der Waals surface area contributed by atoms with Crippen molar-refractivity contribution in [2.75, 3.05) is 51.3 Å². The van der Waals surface area contributed by atoms with Crippen molar-refractivity contribution >= 4 is 32.1 Å². The number of nitrogens with zero attached hydrogens (tertiary/aromatic N) is 3. The Labute approximate surface area is 268 Å². The molecule has 0 amide bonds. The van der Waals surface area contributed by atoms with Gasteiger partial charge in [0.15, 0.2) is 10.7 Å². The van der Waals surface area contributed by atoms with Crippen LogP contribution in [0.5, 0.6) is 0 Å². The van der Waals surface area contributed by atoms with Crippen LogP contribution in [0.2, 0.25) is 0 Å². The standard InChI is InChI=1S/C32H41N5O8S/c1-20(28(18-33)46(42,43)35-19-27-29(38)30(39)31(40)32(2,41)45-27)25-8-9-26(36(25)3)23-5-4-22-17-24(7-6-21(22)16-23)34-10-11-37-12-14-44-15-13-37/h4-9,16-17,27,29-31,34-35,38-41H,10-15,19H2,1-3H3/b28-20+/t27-,29-,30+,31-,32?/m1/s1. The predicted molar refractivity (Wildman–Crippen MR) is 173 cm³/mol. The van der Waals surface area contributed by atoms with Crippen molar-refractivity contribution in [1.29, 1.82) is 5.26 Å². The van der Waals surface area contributed by atoms with Crippen LogP contribution in [0.3, 0.4) is 0 Å². The van der Waals surface area contributed by atoms with E-state index in [9.17, 15) is 34.1 Å². The van der Waals surface area contributed by atoms with Crippen LogP contribution in [0.15, 0.2) is 53.4 Å². The number of nitriles is 1. The molecule has 6 N–H and O–H groups in total. The van der Waals surface area contributed by atoms with Gasteiger partial charge in [-0.05, 0) is 60.5 Å². The van der Waals surface area contributed by atoms with E-state index in [1.54, 1.807) is 19.2 Å². The fourth-order valence-corrected chi connectivity index (χ4v) is 7.09. The van der Waals surface area contributed by atoms with Gasteiger partial charge in [0.05, 0.1) is 13.2 Å². The number of nitrogens with one attached hydrogen (secondary N) is 2. The summed E-state index contributed by atoms with van der Waals surface area (Å²) in [6.45, 7) is 7.30. The quantitative estimate of drug-likeness (QED) is 0.171. The molecule has 1 aromatic heterocycles. The fourth-order valence-electron chi connectivity index (χ4n) is 5.93. The number of aliphatic hydroxyl groups excluding tert-OH is 3. The van der Waals surface area contributed by atoms with Gasteiger partial charge < -0.3 is 39.8 Å². The van der Waals surface area contributed by atoms with Crippen LogP contribution in [0.1, 0.15) is 19.5 Å². The highest BCUT2D eigenvalue weighted by molar-refractivity contribution is 7.93. The number of sulfonamides is 1. The molecule has 0 bridgehead atoms. The zero-order valence-electron chi connectivity index (χ0n) is 26.0. The Morgan fingerprint density at radius 3 is 2.48 bits per heavy atom. The number of hydrogen-bond donors (Lipinski definition) is 6. The van der Waals surface area contributed by atoms with Crippen molar-refractivity contribution in [3.05, 3.63) is 59.1 Å². The minimum atomic E-state index is -4.41. The number of morpholine rings is 1. The highest BCUT2D eigenvalue weighted by Crippen LogP contribution is 2.31. The molecule has 0 spiro atoms. The summed E-state index contributed by atoms with van der Waals surface area (Å²) >= 11 is 0. The van der Waals surface area contributed by atoms with E-state index in [2.05, 4.69) is 33.1 Å². The van der Waals surface area contributed by atoms with E-state index in [1.165, 1.54) is 6.92 Å². The van der Waals surface area contributed by atoms with Crippen molar-refractivity contribution in [3.8, 4) is 17.3 Å². The van der Waals surface area contributed by atoms with Crippen LogP contribution in [-0.2, 0) is 26.5 Å². The Balaban J connectivity index is 1.30. The molecule has 2 aromatic carbocycles. The van der Waals surface area contributed by atoms with Gasteiger partial charge in [-0.3, -0.25) is 4.90 Å². The molecule has 2 aliphatic heterocycles. The number of benzene rings is 2. The second-order valence-corrected chi connectivity index (χ2v) is 13.6. The molecule has 14 heteroatoms. The molecule has 5 rings (SSSR count). The van der Waals surface area contributed by atoms with Gasteiger partial charge in [-0.15, -0.1) is 0 Å². The Morgan fingerprint density at radius 2 is 1.76 bits per heavy atom. The summed E-state index contributed by atoms with van der Waals surface area (Å²) in [6, 6.07) is 17.7. The molecule has 2 saturated heterocycles. The highest BCUT2D eigenvalue weighted by atomic mass is 32.2. The molecular formula is C32H41N5O8S. The second kappa shape index (κ2) is 13.8. The molecule has 1 unspecified atom stereocenters. The van der Waals surface area contributed by atoms with E-state index in [4.69, 9.17) is 9.47 Å². The molecule has 2 fully saturated rings. The minimum absolute atomic E-state index is 0.199. The number of aromatic nitrogens is 1. The Bertz CT molecular complexity index is 1740. The lowest BCUT2D eigenvalue weighted by atomic mass is 9.93. The Morgan fingerprint density at radius 1 is 1.07 bits per heavy atom. The summed E-state index contributed by atoms with van der Waals surface area (Å²) in [6.07, 6.45) is -6.65. The van der Waals surface area contributed by atoms with E-state index < -0.39 is 51.7 Å². The van der Waals surface area contributed by atoms with Gasteiger partial charge in [0.25, 0.3) is 10.0 Å². The van der Waals surface area contributed by atoms with Crippen LogP contribution in [-0.4, -0.2) is 114 Å². The molecule has 3 aromatic rings. The maximum absolute atomic E-state index is 13.2. The average molecular weight is 656 g/mol. The summed E-state index contributed by atoms with van der Waals surface area (Å²) in [5.74, 6) is -2.22. The van der Waals surface area contributed by atoms with Crippen molar-refractivity contribution in [3.63, 3.8) is 0 Å². The minimum Gasteiger partial charge on any atom is -0.388 e. The van der Waals surface area contributed by atoms with Crippen LogP contribution < -0.4 is 10.0 Å². The largest absolute Gasteiger partial charge is 0.388 e. The Hall–Kier alpha value is -3.36. The van der Waals surface area contributed by atoms with E-state index >= 15 is 0 Å². The first-order chi connectivity index (χ1) is 21.8. The maximum Gasteiger partial charge on any atom is 0.251 e. The molecule has 0 saturated carbocycles. The maximum atomic E-state index is 13.2. The molecule has 0 aliphatic carbocycles. The van der Waals surface area contributed by atoms with Gasteiger partial charge in [0.2, 0.25) is 0 Å². The third kappa shape index (κ3) is 7.13. The number of hydrogen-bond acceptors (Lipinski definition) is 11. The highest BCUT2D eigenvalue weighted by Gasteiger charge is 2.50. The molecule has 13 nitrogen and oxygen atoms in total. The average Bonchev–Trinajstić information content (AvgIpc) is 3.42. The van der Waals surface area contributed by atoms with Crippen LogP contribution >= 0.6 is 0 Å². The lowest BCUT2D eigenvalue weighted by Gasteiger charge is -2.44. The van der Waals surface area contributed by atoms with E-state index in [1.807, 2.05) is 28.8 Å². The van der Waals surface area contributed by atoms with Crippen molar-refractivity contribution in [2.24, 2.45) is 7.05 Å². The summed E-state index contributed by atoms with van der Waals surface area (Å²) in [4.78, 5) is 1.84. The third-order valence-corrected chi connectivity index (χ3v) is 10.2. The molecule has 5 atom stereocenters. The monoisotopic (exact) mass is 655 g/mol. The fraction of sp³-hybridized carbons (Fsp3) is 0.469. The number of allylic oxidation sites excluding steroid dienone is 2. The lowest BCUT2D eigenvalue weighted by Crippen LogP contribution is -2.65. The molecule has 3 heterocycles. The first-order valence-corrected chi connectivity index (χ1v) is 16.6. The first kappa shape index (κ1) is 34.0. The number of fused-ring (bicyclic) bond motifs is 1. The third-order valence-electron chi connectivity index (χ3n) is 8.68. The van der Waals surface area contributed by atoms with Crippen molar-refractivity contribution in [2.45, 2.75) is 44.1 Å². The van der Waals surface area contributed by atoms with Crippen LogP contribution in [0.4, 0.5) is 5.69 Å². The normalized spacial score (nSPS) is 26.5. The molecule has 0 radical (unpaired) electrons. The van der Waals surface area contributed by atoms with E-state index in [0.29, 0.717) is 5.69 Å². The van der Waals surface area contributed by atoms with Crippen molar-refractivity contribution in [1.82, 2.24) is 14.2 Å². The number of anilines is 1. The van der Waals surface area contributed by atoms with Gasteiger partial charge in [-0.1, -0.05) is 18.2 Å². The summed E-state index contributed by atoms with van der Waals surface area (Å²) in [7, 11) is -2.62.